The summed E-state index contributed by atoms with van der Waals surface area (Å²) < 4.78 is 41.1. The van der Waals surface area contributed by atoms with Gasteiger partial charge in [-0.3, -0.25) is 9.36 Å². The number of alkyl halides is 3. The number of piperazine rings is 1. The van der Waals surface area contributed by atoms with E-state index in [1.54, 1.807) is 0 Å². The van der Waals surface area contributed by atoms with Gasteiger partial charge in [0.1, 0.15) is 0 Å². The summed E-state index contributed by atoms with van der Waals surface area (Å²) in [5.74, 6) is -0.947. The van der Waals surface area contributed by atoms with Gasteiger partial charge in [0.2, 0.25) is 10.6 Å². The van der Waals surface area contributed by atoms with E-state index in [9.17, 15) is 18.0 Å². The van der Waals surface area contributed by atoms with Gasteiger partial charge < -0.3 is 9.80 Å². The van der Waals surface area contributed by atoms with E-state index < -0.39 is 12.0 Å². The normalized spacial score (nSPS) is 16.0. The van der Waals surface area contributed by atoms with Gasteiger partial charge in [-0.05, 0) is 43.4 Å². The lowest BCUT2D eigenvalue weighted by atomic mass is 10.1. The number of carbonyl (C=O) groups excluding carboxylic acids is 1. The second-order valence-corrected chi connectivity index (χ2v) is 7.03. The lowest BCUT2D eigenvalue weighted by Gasteiger charge is -2.33. The highest BCUT2D eigenvalue weighted by molar-refractivity contribution is 7.71. The molecule has 0 spiro atoms. The predicted molar refractivity (Wildman–Crippen MR) is 96.4 cm³/mol. The van der Waals surface area contributed by atoms with Crippen molar-refractivity contribution in [3.63, 3.8) is 0 Å². The van der Waals surface area contributed by atoms with Gasteiger partial charge in [-0.1, -0.05) is 0 Å². The van der Waals surface area contributed by atoms with E-state index in [2.05, 4.69) is 10.00 Å². The van der Waals surface area contributed by atoms with Crippen molar-refractivity contribution < 1.29 is 22.9 Å². The molecule has 146 valence electrons. The Labute approximate surface area is 159 Å². The Morgan fingerprint density at radius 1 is 1.22 bits per heavy atom. The molecule has 1 aromatic heterocycles. The molecule has 1 aliphatic rings. The van der Waals surface area contributed by atoms with Crippen molar-refractivity contribution in [2.75, 3.05) is 31.1 Å². The van der Waals surface area contributed by atoms with Crippen LogP contribution in [0.2, 0.25) is 0 Å². The Kier molecular flexibility index (Phi) is 5.38. The molecular weight excluding hydrogens is 379 g/mol. The first-order valence-electron chi connectivity index (χ1n) is 8.57. The summed E-state index contributed by atoms with van der Waals surface area (Å²) in [6.45, 7) is 4.88. The molecule has 27 heavy (non-hydrogen) atoms. The van der Waals surface area contributed by atoms with Gasteiger partial charge in [0.25, 0.3) is 0 Å². The second-order valence-electron chi connectivity index (χ2n) is 6.66. The number of quaternary nitrogens is 1. The van der Waals surface area contributed by atoms with Crippen LogP contribution < -0.4 is 9.80 Å². The van der Waals surface area contributed by atoms with E-state index in [4.69, 9.17) is 12.2 Å². The van der Waals surface area contributed by atoms with Crippen molar-refractivity contribution in [1.82, 2.24) is 14.3 Å². The summed E-state index contributed by atoms with van der Waals surface area (Å²) >= 11 is 5.10. The fraction of sp³-hybridized carbons (Fsp3) is 0.471. The van der Waals surface area contributed by atoms with E-state index >= 15 is 0 Å². The molecule has 1 N–H and O–H groups in total. The molecule has 1 saturated heterocycles. The number of aromatic nitrogens is 3. The molecule has 3 rings (SSSR count). The topological polar surface area (TPSA) is 47.5 Å². The molecule has 0 bridgehead atoms. The van der Waals surface area contributed by atoms with Crippen LogP contribution in [-0.4, -0.2) is 46.3 Å². The molecule has 0 radical (unpaired) electrons. The fourth-order valence-corrected chi connectivity index (χ4v) is 3.39. The number of hydrogen-bond donors (Lipinski definition) is 1. The van der Waals surface area contributed by atoms with Crippen LogP contribution in [0.15, 0.2) is 24.3 Å². The zero-order valence-electron chi connectivity index (χ0n) is 15.1. The highest BCUT2D eigenvalue weighted by atomic mass is 32.1. The van der Waals surface area contributed by atoms with Crippen molar-refractivity contribution >= 4 is 23.7 Å². The largest absolute Gasteiger partial charge is 0.451 e. The summed E-state index contributed by atoms with van der Waals surface area (Å²) in [6.07, 6.45) is -4.52. The molecule has 2 heterocycles. The van der Waals surface area contributed by atoms with Gasteiger partial charge in [-0.15, -0.1) is 5.10 Å². The first-order valence-corrected chi connectivity index (χ1v) is 8.98. The van der Waals surface area contributed by atoms with E-state index in [0.717, 1.165) is 41.3 Å². The average molecular weight is 400 g/mol. The third-order valence-corrected chi connectivity index (χ3v) is 5.26. The first kappa shape index (κ1) is 19.6. The van der Waals surface area contributed by atoms with Gasteiger partial charge in [0, 0.05) is 18.3 Å². The molecule has 0 aliphatic carbocycles. The lowest BCUT2D eigenvalue weighted by Crippen LogP contribution is -3.14. The van der Waals surface area contributed by atoms with Crippen LogP contribution in [0.25, 0.3) is 0 Å². The molecule has 0 amide bonds. The predicted octanol–water partition coefficient (Wildman–Crippen LogP) is 1.54. The Morgan fingerprint density at radius 3 is 2.30 bits per heavy atom. The molecule has 1 aromatic carbocycles. The monoisotopic (exact) mass is 400 g/mol. The Balaban J connectivity index is 1.63. The quantitative estimate of drug-likeness (QED) is 0.625. The number of halogens is 3. The minimum atomic E-state index is -4.52. The van der Waals surface area contributed by atoms with Gasteiger partial charge in [0.15, 0.2) is 12.5 Å². The summed E-state index contributed by atoms with van der Waals surface area (Å²) in [7, 11) is 1.28. The van der Waals surface area contributed by atoms with Crippen LogP contribution in [0.4, 0.5) is 18.9 Å². The SMILES string of the molecule is CC(=O)c1ccc(N2CC[NH+](Cn3nc(C(F)(F)F)n(C)c3=S)CC2)cc1. The van der Waals surface area contributed by atoms with Crippen LogP contribution in [-0.2, 0) is 19.9 Å². The maximum atomic E-state index is 13.0. The van der Waals surface area contributed by atoms with Crippen LogP contribution in [0, 0.1) is 4.77 Å². The fourth-order valence-electron chi connectivity index (χ4n) is 3.20. The third-order valence-electron chi connectivity index (χ3n) is 4.78. The van der Waals surface area contributed by atoms with Crippen LogP contribution >= 0.6 is 12.2 Å². The first-order chi connectivity index (χ1) is 12.7. The van der Waals surface area contributed by atoms with Crippen molar-refractivity contribution in [1.29, 1.82) is 0 Å². The van der Waals surface area contributed by atoms with E-state index in [-0.39, 0.29) is 10.6 Å². The minimum Gasteiger partial charge on any atom is -0.360 e. The van der Waals surface area contributed by atoms with Gasteiger partial charge in [-0.2, -0.15) is 17.9 Å². The zero-order valence-corrected chi connectivity index (χ0v) is 15.9. The Bertz CT molecular complexity index is 879. The Hall–Kier alpha value is -2.20. The van der Waals surface area contributed by atoms with Crippen LogP contribution in [0.5, 0.6) is 0 Å². The van der Waals surface area contributed by atoms with Crippen LogP contribution in [0.1, 0.15) is 23.1 Å². The molecular formula is C17H21F3N5OS+. The number of rotatable bonds is 4. The van der Waals surface area contributed by atoms with Gasteiger partial charge in [0.05, 0.1) is 26.2 Å². The van der Waals surface area contributed by atoms with Crippen molar-refractivity contribution in [3.8, 4) is 0 Å². The molecule has 0 unspecified atom stereocenters. The summed E-state index contributed by atoms with van der Waals surface area (Å²) in [5.41, 5.74) is 1.71. The standard InChI is InChI=1S/C17H20F3N5OS/c1-12(26)13-3-5-14(6-4-13)24-9-7-23(8-10-24)11-25-16(27)22(2)15(21-25)17(18,19)20/h3-6H,7-11H2,1-2H3/p+1. The molecule has 1 aliphatic heterocycles. The molecule has 0 saturated carbocycles. The van der Waals surface area contributed by atoms with E-state index in [1.807, 2.05) is 24.3 Å². The number of nitrogens with one attached hydrogen (secondary N) is 1. The van der Waals surface area contributed by atoms with Gasteiger partial charge >= 0.3 is 6.18 Å². The highest BCUT2D eigenvalue weighted by Gasteiger charge is 2.37. The maximum Gasteiger partial charge on any atom is 0.451 e. The number of carbonyl (C=O) groups is 1. The van der Waals surface area contributed by atoms with E-state index in [1.165, 1.54) is 18.7 Å². The number of hydrogen-bond acceptors (Lipinski definition) is 4. The minimum absolute atomic E-state index is 0.0288. The molecule has 1 fully saturated rings. The van der Waals surface area contributed by atoms with Crippen LogP contribution in [0.3, 0.4) is 0 Å². The lowest BCUT2D eigenvalue weighted by molar-refractivity contribution is -0.924. The number of anilines is 1. The van der Waals surface area contributed by atoms with E-state index in [0.29, 0.717) is 12.2 Å². The molecule has 6 nitrogen and oxygen atoms in total. The summed E-state index contributed by atoms with van der Waals surface area (Å²) in [4.78, 5) is 14.7. The van der Waals surface area contributed by atoms with Crippen molar-refractivity contribution in [3.05, 3.63) is 40.4 Å². The zero-order chi connectivity index (χ0) is 19.8. The highest BCUT2D eigenvalue weighted by Crippen LogP contribution is 2.27. The summed E-state index contributed by atoms with van der Waals surface area (Å²) in [5, 5.41) is 3.66. The molecule has 10 heteroatoms. The number of nitrogens with zero attached hydrogens (tertiary/aromatic N) is 4. The van der Waals surface area contributed by atoms with Gasteiger partial charge in [-0.25, -0.2) is 0 Å². The second kappa shape index (κ2) is 7.43. The smallest absolute Gasteiger partial charge is 0.360 e. The summed E-state index contributed by atoms with van der Waals surface area (Å²) in [6, 6.07) is 7.46. The van der Waals surface area contributed by atoms with Crippen molar-refractivity contribution in [2.24, 2.45) is 7.05 Å². The maximum absolute atomic E-state index is 13.0. The number of Topliss-reactive ketones (excluding diaryl/α,β-unsaturated/α-hetero) is 1. The average Bonchev–Trinajstić information content (AvgIpc) is 2.91. The number of benzene rings is 1. The molecule has 0 atom stereocenters. The molecule has 2 aromatic rings. The number of ketones is 1. The van der Waals surface area contributed by atoms with Crippen molar-refractivity contribution in [2.45, 2.75) is 19.8 Å². The Morgan fingerprint density at radius 2 is 1.81 bits per heavy atom. The third kappa shape index (κ3) is 4.22.